The zero-order chi connectivity index (χ0) is 22.3. The minimum absolute atomic E-state index is 0.656. The molecule has 0 atom stereocenters. The molecule has 0 aromatic carbocycles. The monoisotopic (exact) mass is 437 g/mol. The van der Waals surface area contributed by atoms with E-state index in [9.17, 15) is 13.2 Å². The fourth-order valence-electron chi connectivity index (χ4n) is 3.25. The molecule has 1 aliphatic heterocycles. The molecule has 0 saturated carbocycles. The molecule has 1 saturated heterocycles. The van der Waals surface area contributed by atoms with Gasteiger partial charge in [0.05, 0.1) is 24.4 Å². The fourth-order valence-corrected chi connectivity index (χ4v) is 3.25. The summed E-state index contributed by atoms with van der Waals surface area (Å²) in [6, 6.07) is 7.88. The van der Waals surface area contributed by atoms with Gasteiger partial charge in [-0.3, -0.25) is 14.6 Å². The number of carboxylic acids is 1. The van der Waals surface area contributed by atoms with Gasteiger partial charge >= 0.3 is 12.1 Å². The molecule has 0 spiro atoms. The Bertz CT molecular complexity index is 937. The number of alkyl halides is 3. The maximum atomic E-state index is 10.6. The first-order chi connectivity index (χ1) is 14.8. The van der Waals surface area contributed by atoms with Crippen molar-refractivity contribution in [1.29, 1.82) is 0 Å². The summed E-state index contributed by atoms with van der Waals surface area (Å²) >= 11 is 0. The second kappa shape index (κ2) is 10.2. The van der Waals surface area contributed by atoms with E-state index < -0.39 is 12.1 Å². The number of furan rings is 1. The molecule has 1 fully saturated rings. The van der Waals surface area contributed by atoms with Crippen LogP contribution in [0, 0.1) is 5.92 Å². The summed E-state index contributed by atoms with van der Waals surface area (Å²) in [5, 5.41) is 15.6. The van der Waals surface area contributed by atoms with Crippen molar-refractivity contribution in [2.75, 3.05) is 13.1 Å². The van der Waals surface area contributed by atoms with Crippen molar-refractivity contribution in [1.82, 2.24) is 24.9 Å². The summed E-state index contributed by atoms with van der Waals surface area (Å²) in [7, 11) is 0. The summed E-state index contributed by atoms with van der Waals surface area (Å²) in [5.41, 5.74) is 2.97. The van der Waals surface area contributed by atoms with E-state index in [0.717, 1.165) is 37.6 Å². The van der Waals surface area contributed by atoms with E-state index in [1.165, 1.54) is 18.4 Å². The number of hydrogen-bond acceptors (Lipinski definition) is 6. The molecule has 3 aromatic rings. The molecule has 0 aliphatic carbocycles. The summed E-state index contributed by atoms with van der Waals surface area (Å²) in [6.07, 6.45) is 4.66. The molecule has 3 aromatic heterocycles. The Morgan fingerprint density at radius 2 is 1.94 bits per heavy atom. The Labute approximate surface area is 176 Å². The van der Waals surface area contributed by atoms with Gasteiger partial charge in [0.25, 0.3) is 0 Å². The number of piperidine rings is 1. The molecular formula is C20H22F3N5O3. The van der Waals surface area contributed by atoms with Gasteiger partial charge in [-0.25, -0.2) is 4.79 Å². The zero-order valence-electron chi connectivity index (χ0n) is 16.6. The van der Waals surface area contributed by atoms with Gasteiger partial charge in [-0.05, 0) is 50.0 Å². The highest BCUT2D eigenvalue weighted by Gasteiger charge is 2.38. The Morgan fingerprint density at radius 3 is 2.52 bits per heavy atom. The Hall–Kier alpha value is -3.21. The van der Waals surface area contributed by atoms with Crippen molar-refractivity contribution in [2.24, 2.45) is 5.92 Å². The quantitative estimate of drug-likeness (QED) is 0.653. The molecule has 166 valence electrons. The second-order valence-electron chi connectivity index (χ2n) is 7.19. The Kier molecular flexibility index (Phi) is 7.40. The molecule has 1 N–H and O–H groups in total. The number of halogens is 3. The van der Waals surface area contributed by atoms with Crippen molar-refractivity contribution in [3.63, 3.8) is 0 Å². The van der Waals surface area contributed by atoms with Gasteiger partial charge < -0.3 is 9.52 Å². The van der Waals surface area contributed by atoms with E-state index >= 15 is 0 Å². The van der Waals surface area contributed by atoms with E-state index in [2.05, 4.69) is 20.2 Å². The van der Waals surface area contributed by atoms with Gasteiger partial charge in [0.15, 0.2) is 0 Å². The highest BCUT2D eigenvalue weighted by atomic mass is 19.4. The van der Waals surface area contributed by atoms with Crippen LogP contribution in [0.25, 0.3) is 11.4 Å². The third-order valence-corrected chi connectivity index (χ3v) is 4.85. The molecule has 0 radical (unpaired) electrons. The number of pyridine rings is 1. The van der Waals surface area contributed by atoms with Gasteiger partial charge in [-0.1, -0.05) is 11.3 Å². The zero-order valence-corrected chi connectivity index (χ0v) is 16.6. The highest BCUT2D eigenvalue weighted by Crippen LogP contribution is 2.21. The number of nitrogens with zero attached hydrogens (tertiary/aromatic N) is 5. The standard InChI is InChI=1S/C18H21N5O.C2HF3O2/c1-2-7-19-17(3-1)18-13-23(21-20-18)12-15-4-8-22(9-5-15)11-16-6-10-24-14-16;3-2(4,5)1(6)7/h1-3,6-7,10,13-15H,4-5,8-9,11-12H2;(H,6,7). The third-order valence-electron chi connectivity index (χ3n) is 4.85. The van der Waals surface area contributed by atoms with E-state index in [4.69, 9.17) is 14.3 Å². The number of hydrogen-bond donors (Lipinski definition) is 1. The normalized spacial score (nSPS) is 15.3. The minimum Gasteiger partial charge on any atom is -0.475 e. The lowest BCUT2D eigenvalue weighted by atomic mass is 9.96. The van der Waals surface area contributed by atoms with Gasteiger partial charge in [0.1, 0.15) is 5.69 Å². The van der Waals surface area contributed by atoms with Crippen LogP contribution in [0.1, 0.15) is 18.4 Å². The summed E-state index contributed by atoms with van der Waals surface area (Å²) in [4.78, 5) is 15.7. The van der Waals surface area contributed by atoms with Crippen LogP contribution in [-0.2, 0) is 17.9 Å². The van der Waals surface area contributed by atoms with Crippen molar-refractivity contribution in [2.45, 2.75) is 32.1 Å². The molecule has 8 nitrogen and oxygen atoms in total. The molecule has 0 amide bonds. The number of aliphatic carboxylic acids is 1. The maximum Gasteiger partial charge on any atom is 0.490 e. The molecule has 1 aliphatic rings. The molecular weight excluding hydrogens is 415 g/mol. The Balaban J connectivity index is 0.000000339. The van der Waals surface area contributed by atoms with Crippen molar-refractivity contribution in [3.8, 4) is 11.4 Å². The minimum atomic E-state index is -5.08. The second-order valence-corrected chi connectivity index (χ2v) is 7.19. The lowest BCUT2D eigenvalue weighted by molar-refractivity contribution is -0.192. The molecule has 0 bridgehead atoms. The first kappa shape index (κ1) is 22.5. The first-order valence-electron chi connectivity index (χ1n) is 9.66. The van der Waals surface area contributed by atoms with Crippen LogP contribution in [0.5, 0.6) is 0 Å². The van der Waals surface area contributed by atoms with Crippen LogP contribution >= 0.6 is 0 Å². The van der Waals surface area contributed by atoms with Crippen LogP contribution in [0.4, 0.5) is 13.2 Å². The SMILES string of the molecule is O=C(O)C(F)(F)F.c1ccc(-c2cn(CC3CCN(Cc4ccoc4)CC3)nn2)nc1. The largest absolute Gasteiger partial charge is 0.490 e. The van der Waals surface area contributed by atoms with E-state index in [0.29, 0.717) is 5.92 Å². The van der Waals surface area contributed by atoms with Crippen molar-refractivity contribution < 1.29 is 27.5 Å². The number of rotatable bonds is 5. The Morgan fingerprint density at radius 1 is 1.19 bits per heavy atom. The number of aromatic nitrogens is 4. The lowest BCUT2D eigenvalue weighted by Gasteiger charge is -2.31. The molecule has 4 heterocycles. The number of carbonyl (C=O) groups is 1. The van der Waals surface area contributed by atoms with Gasteiger partial charge in [0.2, 0.25) is 0 Å². The average molecular weight is 437 g/mol. The van der Waals surface area contributed by atoms with Gasteiger partial charge in [0, 0.05) is 24.8 Å². The average Bonchev–Trinajstić information content (AvgIpc) is 3.42. The molecule has 11 heteroatoms. The molecule has 31 heavy (non-hydrogen) atoms. The van der Waals surface area contributed by atoms with Crippen LogP contribution in [0.2, 0.25) is 0 Å². The topological polar surface area (TPSA) is 97.3 Å². The summed E-state index contributed by atoms with van der Waals surface area (Å²) in [5.74, 6) is -2.10. The number of carboxylic acid groups (broad SMARTS) is 1. The maximum absolute atomic E-state index is 10.6. The molecule has 0 unspecified atom stereocenters. The van der Waals surface area contributed by atoms with Crippen molar-refractivity contribution in [3.05, 3.63) is 54.7 Å². The van der Waals surface area contributed by atoms with Crippen LogP contribution < -0.4 is 0 Å². The van der Waals surface area contributed by atoms with Crippen LogP contribution in [0.15, 0.2) is 53.6 Å². The highest BCUT2D eigenvalue weighted by molar-refractivity contribution is 5.73. The van der Waals surface area contributed by atoms with Gasteiger partial charge in [-0.15, -0.1) is 5.10 Å². The van der Waals surface area contributed by atoms with Crippen LogP contribution in [0.3, 0.4) is 0 Å². The smallest absolute Gasteiger partial charge is 0.475 e. The third kappa shape index (κ3) is 6.92. The van der Waals surface area contributed by atoms with Gasteiger partial charge in [-0.2, -0.15) is 13.2 Å². The predicted molar refractivity (Wildman–Crippen MR) is 104 cm³/mol. The fraction of sp³-hybridized carbons (Fsp3) is 0.400. The van der Waals surface area contributed by atoms with Crippen LogP contribution in [-0.4, -0.2) is 55.2 Å². The first-order valence-corrected chi connectivity index (χ1v) is 9.66. The number of likely N-dealkylation sites (tertiary alicyclic amines) is 1. The van der Waals surface area contributed by atoms with E-state index in [1.807, 2.05) is 41.4 Å². The van der Waals surface area contributed by atoms with Crippen molar-refractivity contribution >= 4 is 5.97 Å². The summed E-state index contributed by atoms with van der Waals surface area (Å²) < 4.78 is 38.8. The summed E-state index contributed by atoms with van der Waals surface area (Å²) in [6.45, 7) is 4.16. The van der Waals surface area contributed by atoms with E-state index in [-0.39, 0.29) is 0 Å². The molecule has 4 rings (SSSR count). The van der Waals surface area contributed by atoms with E-state index in [1.54, 1.807) is 12.5 Å². The lowest BCUT2D eigenvalue weighted by Crippen LogP contribution is -2.34. The predicted octanol–water partition coefficient (Wildman–Crippen LogP) is 3.48.